The van der Waals surface area contributed by atoms with E-state index < -0.39 is 9.84 Å². The molecule has 0 unspecified atom stereocenters. The third kappa shape index (κ3) is 3.19. The van der Waals surface area contributed by atoms with Crippen LogP contribution in [0, 0.1) is 0 Å². The molecule has 7 nitrogen and oxygen atoms in total. The Labute approximate surface area is 141 Å². The molecule has 0 saturated carbocycles. The van der Waals surface area contributed by atoms with Crippen LogP contribution < -0.4 is 5.32 Å². The summed E-state index contributed by atoms with van der Waals surface area (Å²) in [6.07, 6.45) is 2.70. The van der Waals surface area contributed by atoms with Crippen molar-refractivity contribution in [2.24, 2.45) is 0 Å². The number of fused-ring (bicyclic) bond motifs is 1. The number of pyridine rings is 1. The Morgan fingerprint density at radius 3 is 2.78 bits per heavy atom. The van der Waals surface area contributed by atoms with Crippen molar-refractivity contribution in [2.75, 3.05) is 25.9 Å². The Hall–Kier alpha value is -1.64. The Balaban J connectivity index is 0.00000192. The highest BCUT2D eigenvalue weighted by molar-refractivity contribution is 7.90. The second-order valence-electron chi connectivity index (χ2n) is 5.52. The number of rotatable bonds is 2. The molecule has 3 rings (SSSR count). The summed E-state index contributed by atoms with van der Waals surface area (Å²) in [5, 5.41) is 3.12. The molecule has 2 aromatic rings. The van der Waals surface area contributed by atoms with Crippen molar-refractivity contribution in [1.29, 1.82) is 0 Å². The molecule has 1 aliphatic heterocycles. The number of hydrogen-bond acceptors (Lipinski definition) is 5. The van der Waals surface area contributed by atoms with Gasteiger partial charge in [-0.05, 0) is 19.1 Å². The molecule has 2 aromatic heterocycles. The number of hydrogen-bond donors (Lipinski definition) is 1. The van der Waals surface area contributed by atoms with E-state index >= 15 is 0 Å². The maximum atomic E-state index is 12.8. The molecule has 1 N–H and O–H groups in total. The minimum absolute atomic E-state index is 0. The quantitative estimate of drug-likeness (QED) is 0.849. The van der Waals surface area contributed by atoms with Gasteiger partial charge in [0.05, 0.1) is 5.52 Å². The van der Waals surface area contributed by atoms with Gasteiger partial charge in [-0.3, -0.25) is 9.20 Å². The minimum atomic E-state index is -3.52. The molecule has 126 valence electrons. The highest BCUT2D eigenvalue weighted by atomic mass is 35.5. The highest BCUT2D eigenvalue weighted by Crippen LogP contribution is 2.19. The molecule has 0 aromatic carbocycles. The molecule has 0 radical (unpaired) electrons. The number of sulfone groups is 1. The first-order chi connectivity index (χ1) is 10.4. The van der Waals surface area contributed by atoms with E-state index in [9.17, 15) is 13.2 Å². The second kappa shape index (κ2) is 6.46. The SMILES string of the molecule is C[C@H]1CNCCN1C(=O)c1nc(S(C)(=O)=O)n2ccccc12.Cl. The van der Waals surface area contributed by atoms with Crippen LogP contribution in [0.2, 0.25) is 0 Å². The fourth-order valence-corrected chi connectivity index (χ4v) is 3.48. The van der Waals surface area contributed by atoms with Crippen LogP contribution in [-0.2, 0) is 9.84 Å². The van der Waals surface area contributed by atoms with Crippen LogP contribution in [0.3, 0.4) is 0 Å². The van der Waals surface area contributed by atoms with E-state index in [-0.39, 0.29) is 35.2 Å². The predicted octanol–water partition coefficient (Wildman–Crippen LogP) is 0.594. The summed E-state index contributed by atoms with van der Waals surface area (Å²) in [5.41, 5.74) is 0.702. The number of carbonyl (C=O) groups is 1. The number of aromatic nitrogens is 2. The molecule has 9 heteroatoms. The summed E-state index contributed by atoms with van der Waals surface area (Å²) >= 11 is 0. The first-order valence-electron chi connectivity index (χ1n) is 7.08. The average molecular weight is 359 g/mol. The molecule has 23 heavy (non-hydrogen) atoms. The first kappa shape index (κ1) is 17.7. The second-order valence-corrected chi connectivity index (χ2v) is 7.43. The lowest BCUT2D eigenvalue weighted by Crippen LogP contribution is -2.52. The van der Waals surface area contributed by atoms with Crippen molar-refractivity contribution in [2.45, 2.75) is 18.1 Å². The monoisotopic (exact) mass is 358 g/mol. The molecule has 0 bridgehead atoms. The highest BCUT2D eigenvalue weighted by Gasteiger charge is 2.29. The molecular formula is C14H19ClN4O3S. The summed E-state index contributed by atoms with van der Waals surface area (Å²) in [4.78, 5) is 18.7. The van der Waals surface area contributed by atoms with Crippen LogP contribution in [0.25, 0.3) is 5.52 Å². The zero-order valence-electron chi connectivity index (χ0n) is 12.9. The summed E-state index contributed by atoms with van der Waals surface area (Å²) in [6.45, 7) is 3.98. The van der Waals surface area contributed by atoms with E-state index in [4.69, 9.17) is 0 Å². The molecule has 0 spiro atoms. The number of halogens is 1. The number of piperazine rings is 1. The van der Waals surface area contributed by atoms with Crippen molar-refractivity contribution in [3.63, 3.8) is 0 Å². The normalized spacial score (nSPS) is 18.7. The lowest BCUT2D eigenvalue weighted by atomic mass is 10.2. The zero-order chi connectivity index (χ0) is 15.9. The van der Waals surface area contributed by atoms with Crippen molar-refractivity contribution in [1.82, 2.24) is 19.6 Å². The molecule has 1 atom stereocenters. The summed E-state index contributed by atoms with van der Waals surface area (Å²) in [5.74, 6) is -0.229. The lowest BCUT2D eigenvalue weighted by Gasteiger charge is -2.33. The van der Waals surface area contributed by atoms with Gasteiger partial charge in [0, 0.05) is 38.1 Å². The summed E-state index contributed by atoms with van der Waals surface area (Å²) < 4.78 is 25.3. The topological polar surface area (TPSA) is 83.8 Å². The number of amides is 1. The number of nitrogens with one attached hydrogen (secondary N) is 1. The van der Waals surface area contributed by atoms with Crippen LogP contribution in [0.5, 0.6) is 0 Å². The lowest BCUT2D eigenvalue weighted by molar-refractivity contribution is 0.0652. The fraction of sp³-hybridized carbons (Fsp3) is 0.429. The standard InChI is InChI=1S/C14H18N4O3S.ClH/c1-10-9-15-6-8-17(10)13(19)12-11-5-3-4-7-18(11)14(16-12)22(2,20)21;/h3-5,7,10,15H,6,8-9H2,1-2H3;1H/t10-;/m0./s1. The van der Waals surface area contributed by atoms with Crippen LogP contribution >= 0.6 is 12.4 Å². The van der Waals surface area contributed by atoms with Crippen LogP contribution in [0.4, 0.5) is 0 Å². The summed E-state index contributed by atoms with van der Waals surface area (Å²) in [7, 11) is -3.52. The summed E-state index contributed by atoms with van der Waals surface area (Å²) in [6, 6.07) is 5.23. The Kier molecular flexibility index (Phi) is 4.98. The maximum Gasteiger partial charge on any atom is 0.275 e. The Bertz CT molecular complexity index is 834. The number of carbonyl (C=O) groups excluding carboxylic acids is 1. The van der Waals surface area contributed by atoms with Crippen LogP contribution in [0.1, 0.15) is 17.4 Å². The third-order valence-corrected chi connectivity index (χ3v) is 4.76. The smallest absolute Gasteiger partial charge is 0.275 e. The van der Waals surface area contributed by atoms with Gasteiger partial charge in [0.15, 0.2) is 5.69 Å². The third-order valence-electron chi connectivity index (χ3n) is 3.81. The van der Waals surface area contributed by atoms with Crippen LogP contribution in [0.15, 0.2) is 29.6 Å². The van der Waals surface area contributed by atoms with E-state index in [0.717, 1.165) is 19.3 Å². The molecule has 1 amide bonds. The Morgan fingerprint density at radius 1 is 1.39 bits per heavy atom. The van der Waals surface area contributed by atoms with E-state index in [1.54, 1.807) is 29.3 Å². The van der Waals surface area contributed by atoms with Crippen LogP contribution in [-0.4, -0.2) is 60.5 Å². The Morgan fingerprint density at radius 2 is 2.13 bits per heavy atom. The molecule has 3 heterocycles. The number of imidazole rings is 1. The van der Waals surface area contributed by atoms with Gasteiger partial charge < -0.3 is 10.2 Å². The van der Waals surface area contributed by atoms with Gasteiger partial charge in [-0.25, -0.2) is 13.4 Å². The van der Waals surface area contributed by atoms with E-state index in [1.165, 1.54) is 4.40 Å². The largest absolute Gasteiger partial charge is 0.332 e. The van der Waals surface area contributed by atoms with Gasteiger partial charge in [0.1, 0.15) is 0 Å². The van der Waals surface area contributed by atoms with E-state index in [0.29, 0.717) is 12.1 Å². The number of nitrogens with zero attached hydrogens (tertiary/aromatic N) is 3. The first-order valence-corrected chi connectivity index (χ1v) is 8.97. The van der Waals surface area contributed by atoms with Gasteiger partial charge in [-0.1, -0.05) is 6.07 Å². The van der Waals surface area contributed by atoms with Crippen molar-refractivity contribution in [3.8, 4) is 0 Å². The molecule has 1 aliphatic rings. The molecule has 0 aliphatic carbocycles. The van der Waals surface area contributed by atoms with Gasteiger partial charge in [-0.15, -0.1) is 12.4 Å². The van der Waals surface area contributed by atoms with Gasteiger partial charge in [0.2, 0.25) is 15.0 Å². The predicted molar refractivity (Wildman–Crippen MR) is 88.9 cm³/mol. The fourth-order valence-electron chi connectivity index (χ4n) is 2.71. The molecular weight excluding hydrogens is 340 g/mol. The van der Waals surface area contributed by atoms with E-state index in [1.807, 2.05) is 6.92 Å². The van der Waals surface area contributed by atoms with Gasteiger partial charge >= 0.3 is 0 Å². The molecule has 1 saturated heterocycles. The van der Waals surface area contributed by atoms with Crippen molar-refractivity contribution in [3.05, 3.63) is 30.1 Å². The molecule has 1 fully saturated rings. The zero-order valence-corrected chi connectivity index (χ0v) is 14.5. The van der Waals surface area contributed by atoms with E-state index in [2.05, 4.69) is 10.3 Å². The van der Waals surface area contributed by atoms with Gasteiger partial charge in [-0.2, -0.15) is 0 Å². The maximum absolute atomic E-state index is 12.8. The van der Waals surface area contributed by atoms with Crippen molar-refractivity contribution >= 4 is 33.7 Å². The van der Waals surface area contributed by atoms with Gasteiger partial charge in [0.25, 0.3) is 5.91 Å². The minimum Gasteiger partial charge on any atom is -0.332 e. The average Bonchev–Trinajstić information content (AvgIpc) is 2.87. The van der Waals surface area contributed by atoms with Crippen molar-refractivity contribution < 1.29 is 13.2 Å².